The molecule has 0 aliphatic rings. The predicted octanol–water partition coefficient (Wildman–Crippen LogP) is 4.94. The topological polar surface area (TPSA) is 77.2 Å². The molecule has 0 saturated carbocycles. The van der Waals surface area contributed by atoms with E-state index in [0.29, 0.717) is 18.4 Å². The van der Waals surface area contributed by atoms with Gasteiger partial charge in [0.15, 0.2) is 5.78 Å². The Bertz CT molecular complexity index is 1320. The third-order valence-electron chi connectivity index (χ3n) is 5.90. The van der Waals surface area contributed by atoms with Gasteiger partial charge in [0, 0.05) is 5.56 Å². The lowest BCUT2D eigenvalue weighted by molar-refractivity contribution is 0.0879. The van der Waals surface area contributed by atoms with Gasteiger partial charge in [-0.3, -0.25) is 4.79 Å². The number of sulfonamides is 1. The second-order valence-electron chi connectivity index (χ2n) is 8.17. The normalized spacial score (nSPS) is 13.2. The Morgan fingerprint density at radius 1 is 0.636 bits per heavy atom. The maximum atomic E-state index is 14.2. The minimum atomic E-state index is -3.79. The van der Waals surface area contributed by atoms with E-state index in [0.717, 1.165) is 16.7 Å². The summed E-state index contributed by atoms with van der Waals surface area (Å²) < 4.78 is 23.4. The van der Waals surface area contributed by atoms with Crippen molar-refractivity contribution in [2.24, 2.45) is 5.14 Å². The molecule has 1 atom stereocenters. The molecule has 0 aliphatic carbocycles. The number of nitrogens with two attached hydrogens (primary N) is 1. The maximum absolute atomic E-state index is 14.2. The van der Waals surface area contributed by atoms with Crippen LogP contribution in [0.3, 0.4) is 0 Å². The first kappa shape index (κ1) is 22.6. The van der Waals surface area contributed by atoms with Crippen LogP contribution in [0.25, 0.3) is 0 Å². The number of Topliss-reactive ketones (excluding diaryl/α,β-unsaturated/α-hetero) is 1. The number of benzene rings is 4. The van der Waals surface area contributed by atoms with Crippen LogP contribution < -0.4 is 5.14 Å². The van der Waals surface area contributed by atoms with Crippen molar-refractivity contribution < 1.29 is 13.2 Å². The van der Waals surface area contributed by atoms with Crippen LogP contribution in [0.15, 0.2) is 120 Å². The molecule has 4 nitrogen and oxygen atoms in total. The minimum Gasteiger partial charge on any atom is -0.293 e. The van der Waals surface area contributed by atoms with Gasteiger partial charge in [0.05, 0.1) is 10.3 Å². The summed E-state index contributed by atoms with van der Waals surface area (Å²) in [4.78, 5) is 14.2. The molecular formula is C28H25NO3S. The van der Waals surface area contributed by atoms with Crippen molar-refractivity contribution in [1.29, 1.82) is 0 Å². The van der Waals surface area contributed by atoms with Crippen molar-refractivity contribution in [3.8, 4) is 0 Å². The molecule has 0 aliphatic heterocycles. The van der Waals surface area contributed by atoms with Crippen molar-refractivity contribution in [3.63, 3.8) is 0 Å². The number of rotatable bonds is 8. The first-order chi connectivity index (χ1) is 15.9. The van der Waals surface area contributed by atoms with Crippen LogP contribution in [0.2, 0.25) is 0 Å². The van der Waals surface area contributed by atoms with Crippen LogP contribution in [0, 0.1) is 0 Å². The van der Waals surface area contributed by atoms with Gasteiger partial charge >= 0.3 is 0 Å². The van der Waals surface area contributed by atoms with Gasteiger partial charge in [-0.1, -0.05) is 103 Å². The van der Waals surface area contributed by atoms with E-state index in [1.165, 1.54) is 12.1 Å². The lowest BCUT2D eigenvalue weighted by atomic mass is 9.67. The summed E-state index contributed by atoms with van der Waals surface area (Å²) in [6.07, 6.45) is 0.910. The molecule has 4 aromatic rings. The zero-order valence-electron chi connectivity index (χ0n) is 18.1. The number of hydrogen-bond acceptors (Lipinski definition) is 3. The second kappa shape index (κ2) is 9.53. The average molecular weight is 456 g/mol. The van der Waals surface area contributed by atoms with Crippen molar-refractivity contribution in [2.45, 2.75) is 23.2 Å². The fraction of sp³-hybridized carbons (Fsp3) is 0.107. The Labute approximate surface area is 194 Å². The number of primary sulfonamides is 1. The number of carbonyl (C=O) groups is 1. The number of carbonyl (C=O) groups excluding carboxylic acids is 1. The zero-order valence-corrected chi connectivity index (χ0v) is 18.9. The number of hydrogen-bond donors (Lipinski definition) is 1. The second-order valence-corrected chi connectivity index (χ2v) is 9.73. The Morgan fingerprint density at radius 2 is 1.09 bits per heavy atom. The zero-order chi connectivity index (χ0) is 23.3. The maximum Gasteiger partial charge on any atom is 0.238 e. The molecule has 0 heterocycles. The van der Waals surface area contributed by atoms with Crippen molar-refractivity contribution in [1.82, 2.24) is 0 Å². The van der Waals surface area contributed by atoms with E-state index in [4.69, 9.17) is 5.14 Å². The van der Waals surface area contributed by atoms with Gasteiger partial charge in [-0.05, 0) is 41.7 Å². The van der Waals surface area contributed by atoms with Crippen LogP contribution in [0.4, 0.5) is 0 Å². The van der Waals surface area contributed by atoms with E-state index in [1.54, 1.807) is 12.1 Å². The van der Waals surface area contributed by atoms with Gasteiger partial charge in [-0.2, -0.15) is 0 Å². The van der Waals surface area contributed by atoms with E-state index < -0.39 is 15.4 Å². The predicted molar refractivity (Wildman–Crippen MR) is 131 cm³/mol. The Kier molecular flexibility index (Phi) is 6.54. The standard InChI is InChI=1S/C28H25NO3S/c29-33(31,32)26-18-16-23(17-19-26)21-28(25-14-8-3-9-15-25,20-22-10-4-1-5-11-22)27(30)24-12-6-2-7-13-24/h1-19H,20-21H2,(H2,29,31,32). The first-order valence-electron chi connectivity index (χ1n) is 10.7. The Morgan fingerprint density at radius 3 is 1.61 bits per heavy atom. The molecule has 0 radical (unpaired) electrons. The molecule has 0 spiro atoms. The highest BCUT2D eigenvalue weighted by molar-refractivity contribution is 7.89. The minimum absolute atomic E-state index is 0.0219. The summed E-state index contributed by atoms with van der Waals surface area (Å²) >= 11 is 0. The molecule has 0 bridgehead atoms. The van der Waals surface area contributed by atoms with Crippen LogP contribution in [-0.2, 0) is 28.3 Å². The van der Waals surface area contributed by atoms with Crippen molar-refractivity contribution in [2.75, 3.05) is 0 Å². The molecular weight excluding hydrogens is 430 g/mol. The molecule has 33 heavy (non-hydrogen) atoms. The monoisotopic (exact) mass is 455 g/mol. The van der Waals surface area contributed by atoms with Crippen molar-refractivity contribution >= 4 is 15.8 Å². The van der Waals surface area contributed by atoms with Gasteiger partial charge < -0.3 is 0 Å². The van der Waals surface area contributed by atoms with E-state index in [-0.39, 0.29) is 10.7 Å². The molecule has 5 heteroatoms. The molecule has 4 aromatic carbocycles. The summed E-state index contributed by atoms with van der Waals surface area (Å²) in [6, 6.07) is 35.5. The fourth-order valence-corrected chi connectivity index (χ4v) is 4.79. The number of ketones is 1. The lowest BCUT2D eigenvalue weighted by Crippen LogP contribution is -2.40. The van der Waals surface area contributed by atoms with Gasteiger partial charge in [0.2, 0.25) is 10.0 Å². The van der Waals surface area contributed by atoms with Gasteiger partial charge in [-0.25, -0.2) is 13.6 Å². The van der Waals surface area contributed by atoms with Crippen LogP contribution in [0.5, 0.6) is 0 Å². The van der Waals surface area contributed by atoms with Crippen LogP contribution >= 0.6 is 0 Å². The van der Waals surface area contributed by atoms with E-state index >= 15 is 0 Å². The van der Waals surface area contributed by atoms with E-state index in [9.17, 15) is 13.2 Å². The smallest absolute Gasteiger partial charge is 0.238 e. The highest BCUT2D eigenvalue weighted by atomic mass is 32.2. The molecule has 2 N–H and O–H groups in total. The fourth-order valence-electron chi connectivity index (χ4n) is 4.27. The molecule has 166 valence electrons. The molecule has 1 unspecified atom stereocenters. The molecule has 0 saturated heterocycles. The van der Waals surface area contributed by atoms with Gasteiger partial charge in [0.25, 0.3) is 0 Å². The Balaban J connectivity index is 1.87. The molecule has 0 amide bonds. The third kappa shape index (κ3) is 5.11. The summed E-state index contributed by atoms with van der Waals surface area (Å²) in [5.41, 5.74) is 2.57. The van der Waals surface area contributed by atoms with Crippen LogP contribution in [0.1, 0.15) is 27.0 Å². The van der Waals surface area contributed by atoms with E-state index in [2.05, 4.69) is 0 Å². The molecule has 4 rings (SSSR count). The largest absolute Gasteiger partial charge is 0.293 e. The van der Waals surface area contributed by atoms with Crippen molar-refractivity contribution in [3.05, 3.63) is 138 Å². The van der Waals surface area contributed by atoms with E-state index in [1.807, 2.05) is 91.0 Å². The quantitative estimate of drug-likeness (QED) is 0.382. The Hall–Kier alpha value is -3.54. The summed E-state index contributed by atoms with van der Waals surface area (Å²) in [5, 5.41) is 5.27. The highest BCUT2D eigenvalue weighted by Crippen LogP contribution is 2.36. The lowest BCUT2D eigenvalue weighted by Gasteiger charge is -2.34. The summed E-state index contributed by atoms with van der Waals surface area (Å²) in [7, 11) is -3.79. The van der Waals surface area contributed by atoms with Gasteiger partial charge in [-0.15, -0.1) is 0 Å². The van der Waals surface area contributed by atoms with Gasteiger partial charge in [0.1, 0.15) is 0 Å². The van der Waals surface area contributed by atoms with Crippen LogP contribution in [-0.4, -0.2) is 14.2 Å². The first-order valence-corrected chi connectivity index (χ1v) is 12.2. The molecule has 0 fully saturated rings. The SMILES string of the molecule is NS(=O)(=O)c1ccc(CC(Cc2ccccc2)(C(=O)c2ccccc2)c2ccccc2)cc1. The molecule has 0 aromatic heterocycles. The third-order valence-corrected chi connectivity index (χ3v) is 6.83. The summed E-state index contributed by atoms with van der Waals surface area (Å²) in [5.74, 6) is 0.0219. The average Bonchev–Trinajstić information content (AvgIpc) is 2.84. The highest BCUT2D eigenvalue weighted by Gasteiger charge is 2.40. The summed E-state index contributed by atoms with van der Waals surface area (Å²) in [6.45, 7) is 0.